The van der Waals surface area contributed by atoms with E-state index in [1.807, 2.05) is 0 Å². The highest BCUT2D eigenvalue weighted by Crippen LogP contribution is 2.37. The van der Waals surface area contributed by atoms with Gasteiger partial charge in [0.2, 0.25) is 0 Å². The van der Waals surface area contributed by atoms with Crippen LogP contribution < -0.4 is 0 Å². The summed E-state index contributed by atoms with van der Waals surface area (Å²) in [6.45, 7) is 7.29. The van der Waals surface area contributed by atoms with Gasteiger partial charge in [0.15, 0.2) is 0 Å². The largest absolute Gasteiger partial charge is 0.375 e. The summed E-state index contributed by atoms with van der Waals surface area (Å²) >= 11 is 0. The lowest BCUT2D eigenvalue weighted by atomic mass is 9.88. The molecule has 2 fully saturated rings. The Morgan fingerprint density at radius 2 is 2.00 bits per heavy atom. The lowest BCUT2D eigenvalue weighted by Crippen LogP contribution is -2.42. The van der Waals surface area contributed by atoms with Gasteiger partial charge in [0.1, 0.15) is 0 Å². The van der Waals surface area contributed by atoms with Crippen LogP contribution in [0.25, 0.3) is 0 Å². The first-order valence-electron chi connectivity index (χ1n) is 5.51. The summed E-state index contributed by atoms with van der Waals surface area (Å²) in [5.41, 5.74) is -0.00106. The van der Waals surface area contributed by atoms with Crippen molar-refractivity contribution < 1.29 is 9.47 Å². The van der Waals surface area contributed by atoms with Crippen molar-refractivity contribution in [3.63, 3.8) is 0 Å². The van der Waals surface area contributed by atoms with Crippen LogP contribution in [0.1, 0.15) is 33.6 Å². The molecule has 2 heterocycles. The number of nitrogens with zero attached hydrogens (tertiary/aromatic N) is 1. The van der Waals surface area contributed by atoms with Crippen molar-refractivity contribution in [1.29, 1.82) is 0 Å². The van der Waals surface area contributed by atoms with Gasteiger partial charge in [0.25, 0.3) is 0 Å². The Bertz CT molecular complexity index is 221. The Morgan fingerprint density at radius 1 is 1.29 bits per heavy atom. The summed E-state index contributed by atoms with van der Waals surface area (Å²) in [6, 6.07) is 0.516. The van der Waals surface area contributed by atoms with E-state index in [2.05, 4.69) is 32.7 Å². The molecule has 0 aliphatic carbocycles. The van der Waals surface area contributed by atoms with Crippen LogP contribution >= 0.6 is 0 Å². The van der Waals surface area contributed by atoms with Crippen LogP contribution in [0.15, 0.2) is 0 Å². The summed E-state index contributed by atoms with van der Waals surface area (Å²) in [5, 5.41) is 0. The molecule has 82 valence electrons. The smallest absolute Gasteiger partial charge is 0.0999 e. The monoisotopic (exact) mass is 199 g/mol. The molecule has 3 heteroatoms. The van der Waals surface area contributed by atoms with Crippen LogP contribution in [-0.4, -0.2) is 42.5 Å². The maximum atomic E-state index is 5.90. The van der Waals surface area contributed by atoms with E-state index in [0.29, 0.717) is 18.2 Å². The van der Waals surface area contributed by atoms with E-state index in [0.717, 1.165) is 19.6 Å². The molecule has 4 atom stereocenters. The van der Waals surface area contributed by atoms with Gasteiger partial charge in [0, 0.05) is 12.5 Å². The third-order valence-corrected chi connectivity index (χ3v) is 3.55. The maximum Gasteiger partial charge on any atom is 0.0999 e. The second-order valence-electron chi connectivity index (χ2n) is 5.06. The second kappa shape index (κ2) is 3.47. The first-order valence-corrected chi connectivity index (χ1v) is 5.51. The highest BCUT2D eigenvalue weighted by Gasteiger charge is 2.47. The van der Waals surface area contributed by atoms with E-state index in [1.165, 1.54) is 0 Å². The van der Waals surface area contributed by atoms with Crippen LogP contribution in [0.5, 0.6) is 0 Å². The Balaban J connectivity index is 2.19. The van der Waals surface area contributed by atoms with Gasteiger partial charge in [-0.15, -0.1) is 0 Å². The highest BCUT2D eigenvalue weighted by atomic mass is 16.5. The molecule has 2 saturated heterocycles. The maximum absolute atomic E-state index is 5.90. The normalized spacial score (nSPS) is 50.1. The quantitative estimate of drug-likeness (QED) is 0.592. The summed E-state index contributed by atoms with van der Waals surface area (Å²) in [6.07, 6.45) is 2.75. The van der Waals surface area contributed by atoms with E-state index in [4.69, 9.17) is 9.47 Å². The van der Waals surface area contributed by atoms with Gasteiger partial charge in [-0.3, -0.25) is 4.90 Å². The van der Waals surface area contributed by atoms with Crippen LogP contribution in [0, 0.1) is 0 Å². The molecule has 2 aliphatic rings. The Kier molecular flexibility index (Phi) is 2.58. The van der Waals surface area contributed by atoms with Crippen molar-refractivity contribution in [2.45, 2.75) is 57.5 Å². The summed E-state index contributed by atoms with van der Waals surface area (Å²) < 4.78 is 11.8. The minimum atomic E-state index is -0.00106. The third-order valence-electron chi connectivity index (χ3n) is 3.55. The molecule has 2 rings (SSSR count). The molecule has 0 N–H and O–H groups in total. The fourth-order valence-electron chi connectivity index (χ4n) is 2.91. The minimum Gasteiger partial charge on any atom is -0.375 e. The first-order chi connectivity index (χ1) is 6.51. The topological polar surface area (TPSA) is 21.7 Å². The van der Waals surface area contributed by atoms with Gasteiger partial charge in [-0.25, -0.2) is 0 Å². The number of hydrogen-bond acceptors (Lipinski definition) is 3. The molecule has 0 saturated carbocycles. The van der Waals surface area contributed by atoms with Crippen molar-refractivity contribution in [2.75, 3.05) is 13.8 Å². The Hall–Kier alpha value is -0.120. The molecule has 3 nitrogen and oxygen atoms in total. The van der Waals surface area contributed by atoms with Gasteiger partial charge in [-0.05, 0) is 34.2 Å². The third kappa shape index (κ3) is 1.69. The van der Waals surface area contributed by atoms with Gasteiger partial charge in [-0.2, -0.15) is 0 Å². The predicted molar refractivity (Wildman–Crippen MR) is 55.2 cm³/mol. The lowest BCUT2D eigenvalue weighted by Gasteiger charge is -2.30. The molecular formula is C11H21NO2. The molecule has 0 aromatic carbocycles. The zero-order valence-electron chi connectivity index (χ0n) is 9.62. The van der Waals surface area contributed by atoms with Gasteiger partial charge < -0.3 is 9.47 Å². The van der Waals surface area contributed by atoms with E-state index >= 15 is 0 Å². The average molecular weight is 199 g/mol. The second-order valence-corrected chi connectivity index (χ2v) is 5.06. The van der Waals surface area contributed by atoms with E-state index in [9.17, 15) is 0 Å². The minimum absolute atomic E-state index is 0.00106. The Morgan fingerprint density at radius 3 is 2.71 bits per heavy atom. The molecule has 2 aliphatic heterocycles. The van der Waals surface area contributed by atoms with Gasteiger partial charge in [-0.1, -0.05) is 0 Å². The molecule has 0 amide bonds. The zero-order chi connectivity index (χ0) is 10.3. The van der Waals surface area contributed by atoms with E-state index in [1.54, 1.807) is 0 Å². The zero-order valence-corrected chi connectivity index (χ0v) is 9.62. The fraction of sp³-hybridized carbons (Fsp3) is 1.00. The molecule has 0 aromatic rings. The molecular weight excluding hydrogens is 178 g/mol. The first kappa shape index (κ1) is 10.4. The predicted octanol–water partition coefficient (Wildman–Crippen LogP) is 1.62. The highest BCUT2D eigenvalue weighted by molar-refractivity contribution is 4.98. The van der Waals surface area contributed by atoms with Crippen LogP contribution in [0.2, 0.25) is 0 Å². The van der Waals surface area contributed by atoms with E-state index < -0.39 is 0 Å². The van der Waals surface area contributed by atoms with Crippen LogP contribution in [-0.2, 0) is 9.47 Å². The standard InChI is InChI=1S/C11H21NO2/c1-8-5-10-11(3,6-9(2)14-8)13-7-12(10)4/h8-10H,5-7H2,1-4H3. The Labute approximate surface area is 86.4 Å². The molecule has 0 radical (unpaired) electrons. The van der Waals surface area contributed by atoms with Gasteiger partial charge >= 0.3 is 0 Å². The number of fused-ring (bicyclic) bond motifs is 1. The summed E-state index contributed by atoms with van der Waals surface area (Å²) in [4.78, 5) is 2.30. The molecule has 4 unspecified atom stereocenters. The molecule has 14 heavy (non-hydrogen) atoms. The lowest BCUT2D eigenvalue weighted by molar-refractivity contribution is -0.0374. The van der Waals surface area contributed by atoms with Crippen molar-refractivity contribution in [2.24, 2.45) is 0 Å². The SMILES string of the molecule is CC1CC2N(C)COC2(C)CC(C)O1. The summed E-state index contributed by atoms with van der Waals surface area (Å²) in [7, 11) is 2.14. The van der Waals surface area contributed by atoms with Crippen molar-refractivity contribution in [3.8, 4) is 0 Å². The van der Waals surface area contributed by atoms with Crippen LogP contribution in [0.4, 0.5) is 0 Å². The number of rotatable bonds is 0. The molecule has 0 bridgehead atoms. The average Bonchev–Trinajstić information content (AvgIpc) is 2.29. The van der Waals surface area contributed by atoms with E-state index in [-0.39, 0.29) is 5.60 Å². The number of likely N-dealkylation sites (N-methyl/N-ethyl adjacent to an activating group) is 1. The number of hydrogen-bond donors (Lipinski definition) is 0. The van der Waals surface area contributed by atoms with Crippen molar-refractivity contribution in [3.05, 3.63) is 0 Å². The summed E-state index contributed by atoms with van der Waals surface area (Å²) in [5.74, 6) is 0. The fourth-order valence-corrected chi connectivity index (χ4v) is 2.91. The van der Waals surface area contributed by atoms with Crippen LogP contribution in [0.3, 0.4) is 0 Å². The van der Waals surface area contributed by atoms with Crippen molar-refractivity contribution in [1.82, 2.24) is 4.90 Å². The van der Waals surface area contributed by atoms with Gasteiger partial charge in [0.05, 0.1) is 24.5 Å². The molecule has 0 spiro atoms. The number of ether oxygens (including phenoxy) is 2. The van der Waals surface area contributed by atoms with Crippen molar-refractivity contribution >= 4 is 0 Å². The molecule has 0 aromatic heterocycles.